The number of pyridine rings is 1. The van der Waals surface area contributed by atoms with Gasteiger partial charge >= 0.3 is 0 Å². The second-order valence-corrected chi connectivity index (χ2v) is 7.89. The van der Waals surface area contributed by atoms with Gasteiger partial charge < -0.3 is 10.6 Å². The number of fused-ring (bicyclic) bond motifs is 1. The van der Waals surface area contributed by atoms with Crippen molar-refractivity contribution < 1.29 is 4.79 Å². The van der Waals surface area contributed by atoms with Gasteiger partial charge in [0.1, 0.15) is 0 Å². The maximum atomic E-state index is 13.0. The highest BCUT2D eigenvalue weighted by Crippen LogP contribution is 2.30. The fraction of sp³-hybridized carbons (Fsp3) is 0.435. The second-order valence-electron chi connectivity index (χ2n) is 7.89. The number of rotatable bonds is 6. The average molecular weight is 392 g/mol. The van der Waals surface area contributed by atoms with E-state index >= 15 is 0 Å². The van der Waals surface area contributed by atoms with Crippen molar-refractivity contribution in [1.29, 1.82) is 0 Å². The SMILES string of the molecule is CCn1ncc2c(NC3CCCCC3)c(C(=O)NCc3ccc(C)cc3)cnc21. The maximum Gasteiger partial charge on any atom is 0.255 e. The van der Waals surface area contributed by atoms with E-state index in [1.807, 2.05) is 29.9 Å². The van der Waals surface area contributed by atoms with E-state index in [1.54, 1.807) is 6.20 Å². The van der Waals surface area contributed by atoms with E-state index in [-0.39, 0.29) is 5.91 Å². The smallest absolute Gasteiger partial charge is 0.255 e. The molecule has 0 atom stereocenters. The molecule has 2 N–H and O–H groups in total. The van der Waals surface area contributed by atoms with Crippen LogP contribution in [-0.2, 0) is 13.1 Å². The van der Waals surface area contributed by atoms with Crippen molar-refractivity contribution in [3.8, 4) is 0 Å². The zero-order chi connectivity index (χ0) is 20.2. The number of benzene rings is 1. The minimum atomic E-state index is -0.109. The minimum Gasteiger partial charge on any atom is -0.381 e. The van der Waals surface area contributed by atoms with Crippen molar-refractivity contribution in [1.82, 2.24) is 20.1 Å². The van der Waals surface area contributed by atoms with Gasteiger partial charge in [0, 0.05) is 25.3 Å². The van der Waals surface area contributed by atoms with Gasteiger partial charge in [-0.15, -0.1) is 0 Å². The molecule has 0 spiro atoms. The third kappa shape index (κ3) is 4.26. The largest absolute Gasteiger partial charge is 0.381 e. The van der Waals surface area contributed by atoms with Gasteiger partial charge in [-0.25, -0.2) is 9.67 Å². The van der Waals surface area contributed by atoms with E-state index in [4.69, 9.17) is 0 Å². The lowest BCUT2D eigenvalue weighted by Crippen LogP contribution is -2.27. The molecule has 1 aromatic carbocycles. The van der Waals surface area contributed by atoms with Gasteiger partial charge in [-0.05, 0) is 32.3 Å². The Bertz CT molecular complexity index is 986. The van der Waals surface area contributed by atoms with Crippen LogP contribution in [0.2, 0.25) is 0 Å². The number of nitrogens with one attached hydrogen (secondary N) is 2. The molecule has 1 fully saturated rings. The van der Waals surface area contributed by atoms with E-state index in [1.165, 1.54) is 24.8 Å². The molecular formula is C23H29N5O. The van der Waals surface area contributed by atoms with Crippen molar-refractivity contribution >= 4 is 22.6 Å². The van der Waals surface area contributed by atoms with E-state index in [0.717, 1.165) is 41.7 Å². The summed E-state index contributed by atoms with van der Waals surface area (Å²) in [6.45, 7) is 5.35. The lowest BCUT2D eigenvalue weighted by atomic mass is 9.95. The third-order valence-corrected chi connectivity index (χ3v) is 5.74. The molecule has 6 heteroatoms. The van der Waals surface area contributed by atoms with Crippen molar-refractivity contribution in [2.24, 2.45) is 0 Å². The number of aromatic nitrogens is 3. The quantitative estimate of drug-likeness (QED) is 0.652. The van der Waals surface area contributed by atoms with Crippen molar-refractivity contribution in [2.45, 2.75) is 65.1 Å². The Morgan fingerprint density at radius 3 is 2.62 bits per heavy atom. The van der Waals surface area contributed by atoms with Crippen LogP contribution in [0.4, 0.5) is 5.69 Å². The Morgan fingerprint density at radius 1 is 1.14 bits per heavy atom. The Balaban J connectivity index is 1.61. The van der Waals surface area contributed by atoms with Crippen LogP contribution in [0.1, 0.15) is 60.5 Å². The Labute approximate surface area is 171 Å². The molecule has 1 aliphatic rings. The fourth-order valence-corrected chi connectivity index (χ4v) is 4.02. The monoisotopic (exact) mass is 391 g/mol. The lowest BCUT2D eigenvalue weighted by molar-refractivity contribution is 0.0951. The highest BCUT2D eigenvalue weighted by atomic mass is 16.1. The molecule has 0 radical (unpaired) electrons. The van der Waals surface area contributed by atoms with Crippen LogP contribution in [0.25, 0.3) is 11.0 Å². The molecule has 1 aliphatic carbocycles. The molecule has 3 aromatic rings. The highest BCUT2D eigenvalue weighted by molar-refractivity contribution is 6.06. The van der Waals surface area contributed by atoms with Gasteiger partial charge in [0.05, 0.1) is 22.8 Å². The molecule has 0 unspecified atom stereocenters. The second kappa shape index (κ2) is 8.64. The predicted molar refractivity (Wildman–Crippen MR) is 116 cm³/mol. The topological polar surface area (TPSA) is 71.8 Å². The van der Waals surface area contributed by atoms with Crippen LogP contribution in [-0.4, -0.2) is 26.7 Å². The van der Waals surface area contributed by atoms with Gasteiger partial charge in [0.15, 0.2) is 5.65 Å². The summed E-state index contributed by atoms with van der Waals surface area (Å²) in [4.78, 5) is 17.6. The van der Waals surface area contributed by atoms with E-state index in [0.29, 0.717) is 18.2 Å². The van der Waals surface area contributed by atoms with E-state index < -0.39 is 0 Å². The number of anilines is 1. The number of aryl methyl sites for hydroxylation is 2. The number of amides is 1. The molecule has 2 aromatic heterocycles. The van der Waals surface area contributed by atoms with Gasteiger partial charge in [-0.1, -0.05) is 49.1 Å². The minimum absolute atomic E-state index is 0.109. The average Bonchev–Trinajstić information content (AvgIpc) is 3.18. The summed E-state index contributed by atoms with van der Waals surface area (Å²) in [5.41, 5.74) is 4.56. The van der Waals surface area contributed by atoms with Gasteiger partial charge in [-0.3, -0.25) is 4.79 Å². The Morgan fingerprint density at radius 2 is 1.90 bits per heavy atom. The molecule has 0 saturated heterocycles. The summed E-state index contributed by atoms with van der Waals surface area (Å²) in [5.74, 6) is -0.109. The van der Waals surface area contributed by atoms with Crippen LogP contribution >= 0.6 is 0 Å². The molecule has 4 rings (SSSR count). The number of hydrogen-bond acceptors (Lipinski definition) is 4. The van der Waals surface area contributed by atoms with Crippen LogP contribution in [0.15, 0.2) is 36.7 Å². The Kier molecular flexibility index (Phi) is 5.79. The number of hydrogen-bond donors (Lipinski definition) is 2. The molecule has 2 heterocycles. The number of nitrogens with zero attached hydrogens (tertiary/aromatic N) is 3. The summed E-state index contributed by atoms with van der Waals surface area (Å²) < 4.78 is 1.87. The fourth-order valence-electron chi connectivity index (χ4n) is 4.02. The first-order valence-electron chi connectivity index (χ1n) is 10.6. The van der Waals surface area contributed by atoms with Crippen molar-refractivity contribution in [3.63, 3.8) is 0 Å². The zero-order valence-electron chi connectivity index (χ0n) is 17.2. The first-order valence-corrected chi connectivity index (χ1v) is 10.6. The summed E-state index contributed by atoms with van der Waals surface area (Å²) in [7, 11) is 0. The molecular weight excluding hydrogens is 362 g/mol. The number of carbonyl (C=O) groups excluding carboxylic acids is 1. The maximum absolute atomic E-state index is 13.0. The van der Waals surface area contributed by atoms with Crippen LogP contribution < -0.4 is 10.6 Å². The van der Waals surface area contributed by atoms with E-state index in [9.17, 15) is 4.79 Å². The Hall–Kier alpha value is -2.89. The molecule has 1 amide bonds. The van der Waals surface area contributed by atoms with Gasteiger partial charge in [0.25, 0.3) is 5.91 Å². The molecule has 29 heavy (non-hydrogen) atoms. The summed E-state index contributed by atoms with van der Waals surface area (Å²) in [6, 6.07) is 8.60. The number of carbonyl (C=O) groups is 1. The van der Waals surface area contributed by atoms with Gasteiger partial charge in [-0.2, -0.15) is 5.10 Å². The van der Waals surface area contributed by atoms with Crippen LogP contribution in [0, 0.1) is 6.92 Å². The predicted octanol–water partition coefficient (Wildman–Crippen LogP) is 4.43. The van der Waals surface area contributed by atoms with E-state index in [2.05, 4.69) is 39.8 Å². The highest BCUT2D eigenvalue weighted by Gasteiger charge is 2.21. The molecule has 0 aliphatic heterocycles. The zero-order valence-corrected chi connectivity index (χ0v) is 17.2. The normalized spacial score (nSPS) is 14.8. The molecule has 152 valence electrons. The van der Waals surface area contributed by atoms with Crippen molar-refractivity contribution in [2.75, 3.05) is 5.32 Å². The first-order chi connectivity index (χ1) is 14.2. The summed E-state index contributed by atoms with van der Waals surface area (Å²) >= 11 is 0. The molecule has 1 saturated carbocycles. The summed E-state index contributed by atoms with van der Waals surface area (Å²) in [5, 5.41) is 12.1. The van der Waals surface area contributed by atoms with Gasteiger partial charge in [0.2, 0.25) is 0 Å². The van der Waals surface area contributed by atoms with Crippen LogP contribution in [0.3, 0.4) is 0 Å². The van der Waals surface area contributed by atoms with Crippen molar-refractivity contribution in [3.05, 3.63) is 53.3 Å². The molecule has 6 nitrogen and oxygen atoms in total. The molecule has 0 bridgehead atoms. The third-order valence-electron chi connectivity index (χ3n) is 5.74. The lowest BCUT2D eigenvalue weighted by Gasteiger charge is -2.25. The standard InChI is InChI=1S/C23H29N5O/c1-3-28-22-19(15-26-28)21(27-18-7-5-4-6-8-18)20(14-24-22)23(29)25-13-17-11-9-16(2)10-12-17/h9-12,14-15,18H,3-8,13H2,1-2H3,(H,24,27)(H,25,29). The first kappa shape index (κ1) is 19.4. The van der Waals surface area contributed by atoms with Crippen LogP contribution in [0.5, 0.6) is 0 Å². The summed E-state index contributed by atoms with van der Waals surface area (Å²) in [6.07, 6.45) is 9.54.